The fraction of sp³-hybridized carbons (Fsp3) is 0.200. The summed E-state index contributed by atoms with van der Waals surface area (Å²) >= 11 is 5.15. The topological polar surface area (TPSA) is 50.4 Å². The summed E-state index contributed by atoms with van der Waals surface area (Å²) in [5.41, 5.74) is 2.93. The lowest BCUT2D eigenvalue weighted by Gasteiger charge is -2.09. The Morgan fingerprint density at radius 1 is 1.12 bits per heavy atom. The van der Waals surface area contributed by atoms with Crippen molar-refractivity contribution in [1.29, 1.82) is 0 Å². The van der Waals surface area contributed by atoms with Crippen LogP contribution in [0, 0.1) is 6.92 Å². The molecule has 0 aliphatic carbocycles. The molecule has 2 N–H and O–H groups in total. The van der Waals surface area contributed by atoms with Gasteiger partial charge >= 0.3 is 0 Å². The second kappa shape index (κ2) is 9.59. The molecule has 4 nitrogen and oxygen atoms in total. The number of benzene rings is 2. The summed E-state index contributed by atoms with van der Waals surface area (Å²) in [5.74, 6) is 0.532. The largest absolute Gasteiger partial charge is 0.494 e. The minimum Gasteiger partial charge on any atom is -0.494 e. The monoisotopic (exact) mass is 354 g/mol. The molecule has 5 heteroatoms. The molecule has 0 saturated heterocycles. The van der Waals surface area contributed by atoms with E-state index in [0.717, 1.165) is 23.4 Å². The Balaban J connectivity index is 1.82. The molecular weight excluding hydrogens is 332 g/mol. The highest BCUT2D eigenvalue weighted by Crippen LogP contribution is 2.15. The number of amides is 1. The average Bonchev–Trinajstić information content (AvgIpc) is 2.60. The van der Waals surface area contributed by atoms with Gasteiger partial charge in [0, 0.05) is 11.8 Å². The van der Waals surface area contributed by atoms with E-state index in [-0.39, 0.29) is 11.0 Å². The van der Waals surface area contributed by atoms with Crippen LogP contribution in [0.5, 0.6) is 5.75 Å². The van der Waals surface area contributed by atoms with Crippen molar-refractivity contribution in [3.63, 3.8) is 0 Å². The highest BCUT2D eigenvalue weighted by Gasteiger charge is 2.02. The Morgan fingerprint density at radius 2 is 1.80 bits per heavy atom. The Morgan fingerprint density at radius 3 is 2.44 bits per heavy atom. The summed E-state index contributed by atoms with van der Waals surface area (Å²) in [6, 6.07) is 15.3. The van der Waals surface area contributed by atoms with E-state index in [0.29, 0.717) is 6.61 Å². The Bertz CT molecular complexity index is 737. The maximum absolute atomic E-state index is 11.9. The lowest BCUT2D eigenvalue weighted by atomic mass is 10.1. The standard InChI is InChI=1S/C20H22N2O2S/c1-3-14-24-18-11-9-17(10-12-18)21-20(25)22-19(23)13-8-16-6-4-15(2)5-7-16/h4-13H,3,14H2,1-2H3,(H2,21,22,23,25)/b13-8+. The summed E-state index contributed by atoms with van der Waals surface area (Å²) in [5, 5.41) is 5.84. The highest BCUT2D eigenvalue weighted by molar-refractivity contribution is 7.80. The van der Waals surface area contributed by atoms with Gasteiger partial charge in [-0.1, -0.05) is 36.8 Å². The van der Waals surface area contributed by atoms with Gasteiger partial charge in [0.1, 0.15) is 5.75 Å². The third kappa shape index (κ3) is 6.77. The van der Waals surface area contributed by atoms with Gasteiger partial charge in [-0.3, -0.25) is 10.1 Å². The van der Waals surface area contributed by atoms with Crippen LogP contribution in [-0.2, 0) is 4.79 Å². The van der Waals surface area contributed by atoms with Crippen LogP contribution in [0.4, 0.5) is 5.69 Å². The zero-order valence-corrected chi connectivity index (χ0v) is 15.2. The SMILES string of the molecule is CCCOc1ccc(NC(=S)NC(=O)/C=C/c2ccc(C)cc2)cc1. The predicted molar refractivity (Wildman–Crippen MR) is 107 cm³/mol. The van der Waals surface area contributed by atoms with Crippen LogP contribution in [0.15, 0.2) is 54.6 Å². The van der Waals surface area contributed by atoms with E-state index in [9.17, 15) is 4.79 Å². The number of hydrogen-bond acceptors (Lipinski definition) is 3. The van der Waals surface area contributed by atoms with Crippen molar-refractivity contribution >= 4 is 35.0 Å². The van der Waals surface area contributed by atoms with Gasteiger partial charge in [-0.25, -0.2) is 0 Å². The van der Waals surface area contributed by atoms with Gasteiger partial charge in [0.15, 0.2) is 5.11 Å². The number of carbonyl (C=O) groups excluding carboxylic acids is 1. The van der Waals surface area contributed by atoms with E-state index < -0.39 is 0 Å². The second-order valence-electron chi connectivity index (χ2n) is 5.56. The summed E-state index contributed by atoms with van der Waals surface area (Å²) in [6.07, 6.45) is 4.17. The van der Waals surface area contributed by atoms with Gasteiger partial charge in [-0.2, -0.15) is 0 Å². The van der Waals surface area contributed by atoms with Crippen LogP contribution < -0.4 is 15.4 Å². The molecule has 0 aliphatic heterocycles. The Kier molecular flexibility index (Phi) is 7.16. The molecule has 130 valence electrons. The molecule has 2 aromatic rings. The van der Waals surface area contributed by atoms with Crippen LogP contribution in [0.2, 0.25) is 0 Å². The van der Waals surface area contributed by atoms with Crippen molar-refractivity contribution in [1.82, 2.24) is 5.32 Å². The van der Waals surface area contributed by atoms with Crippen molar-refractivity contribution in [3.8, 4) is 5.75 Å². The van der Waals surface area contributed by atoms with Gasteiger partial charge in [0.2, 0.25) is 5.91 Å². The molecule has 0 bridgehead atoms. The normalized spacial score (nSPS) is 10.5. The Hall–Kier alpha value is -2.66. The van der Waals surface area contributed by atoms with Crippen LogP contribution in [0.3, 0.4) is 0 Å². The molecule has 1 amide bonds. The fourth-order valence-corrected chi connectivity index (χ4v) is 2.24. The number of thiocarbonyl (C=S) groups is 1. The maximum atomic E-state index is 11.9. The number of anilines is 1. The molecule has 2 aromatic carbocycles. The molecule has 0 atom stereocenters. The summed E-state index contributed by atoms with van der Waals surface area (Å²) in [6.45, 7) is 4.77. The van der Waals surface area contributed by atoms with Crippen LogP contribution >= 0.6 is 12.2 Å². The smallest absolute Gasteiger partial charge is 0.250 e. The zero-order chi connectivity index (χ0) is 18.1. The number of rotatable bonds is 6. The summed E-state index contributed by atoms with van der Waals surface area (Å²) in [4.78, 5) is 11.9. The fourth-order valence-electron chi connectivity index (χ4n) is 2.02. The lowest BCUT2D eigenvalue weighted by Crippen LogP contribution is -2.32. The quantitative estimate of drug-likeness (QED) is 0.599. The molecule has 0 saturated carbocycles. The van der Waals surface area contributed by atoms with E-state index in [1.54, 1.807) is 6.08 Å². The van der Waals surface area contributed by atoms with Gasteiger partial charge in [-0.05, 0) is 61.5 Å². The van der Waals surface area contributed by atoms with Crippen LogP contribution in [-0.4, -0.2) is 17.6 Å². The molecule has 2 rings (SSSR count). The van der Waals surface area contributed by atoms with E-state index in [1.807, 2.05) is 55.5 Å². The van der Waals surface area contributed by atoms with Crippen molar-refractivity contribution < 1.29 is 9.53 Å². The van der Waals surface area contributed by atoms with Gasteiger partial charge in [-0.15, -0.1) is 0 Å². The van der Waals surface area contributed by atoms with E-state index >= 15 is 0 Å². The van der Waals surface area contributed by atoms with E-state index in [1.165, 1.54) is 11.6 Å². The van der Waals surface area contributed by atoms with E-state index in [2.05, 4.69) is 17.6 Å². The number of ether oxygens (including phenoxy) is 1. The number of carbonyl (C=O) groups is 1. The first kappa shape index (κ1) is 18.7. The van der Waals surface area contributed by atoms with Gasteiger partial charge in [0.05, 0.1) is 6.61 Å². The number of nitrogens with one attached hydrogen (secondary N) is 2. The maximum Gasteiger partial charge on any atom is 0.250 e. The molecule has 0 unspecified atom stereocenters. The average molecular weight is 354 g/mol. The third-order valence-electron chi connectivity index (χ3n) is 3.33. The number of hydrogen-bond donors (Lipinski definition) is 2. The Labute approximate surface area is 153 Å². The first-order chi connectivity index (χ1) is 12.1. The molecular formula is C20H22N2O2S. The molecule has 25 heavy (non-hydrogen) atoms. The summed E-state index contributed by atoms with van der Waals surface area (Å²) < 4.78 is 5.52. The first-order valence-corrected chi connectivity index (χ1v) is 8.57. The van der Waals surface area contributed by atoms with Gasteiger partial charge in [0.25, 0.3) is 0 Å². The predicted octanol–water partition coefficient (Wildman–Crippen LogP) is 4.31. The minimum absolute atomic E-state index is 0.251. The first-order valence-electron chi connectivity index (χ1n) is 8.16. The van der Waals surface area contributed by atoms with E-state index in [4.69, 9.17) is 17.0 Å². The molecule has 0 aliphatic rings. The van der Waals surface area contributed by atoms with Crippen molar-refractivity contribution in [3.05, 3.63) is 65.7 Å². The van der Waals surface area contributed by atoms with Crippen molar-refractivity contribution in [2.75, 3.05) is 11.9 Å². The molecule has 0 aromatic heterocycles. The van der Waals surface area contributed by atoms with Crippen LogP contribution in [0.25, 0.3) is 6.08 Å². The molecule has 0 radical (unpaired) electrons. The highest BCUT2D eigenvalue weighted by atomic mass is 32.1. The third-order valence-corrected chi connectivity index (χ3v) is 3.53. The molecule has 0 fully saturated rings. The molecule has 0 spiro atoms. The molecule has 0 heterocycles. The van der Waals surface area contributed by atoms with Crippen molar-refractivity contribution in [2.24, 2.45) is 0 Å². The second-order valence-corrected chi connectivity index (χ2v) is 5.97. The summed E-state index contributed by atoms with van der Waals surface area (Å²) in [7, 11) is 0. The van der Waals surface area contributed by atoms with Crippen molar-refractivity contribution in [2.45, 2.75) is 20.3 Å². The lowest BCUT2D eigenvalue weighted by molar-refractivity contribution is -0.115. The van der Waals surface area contributed by atoms with Gasteiger partial charge < -0.3 is 10.1 Å². The van der Waals surface area contributed by atoms with Crippen LogP contribution in [0.1, 0.15) is 24.5 Å². The minimum atomic E-state index is -0.277. The number of aryl methyl sites for hydroxylation is 1. The zero-order valence-electron chi connectivity index (χ0n) is 14.4.